The van der Waals surface area contributed by atoms with Crippen molar-refractivity contribution in [2.45, 2.75) is 52.9 Å². The van der Waals surface area contributed by atoms with E-state index in [1.807, 2.05) is 43.3 Å². The predicted molar refractivity (Wildman–Crippen MR) is 131 cm³/mol. The van der Waals surface area contributed by atoms with E-state index in [4.69, 9.17) is 8.83 Å². The van der Waals surface area contributed by atoms with E-state index < -0.39 is 0 Å². The smallest absolute Gasteiger partial charge is 0.252 e. The molecule has 5 rings (SSSR count). The summed E-state index contributed by atoms with van der Waals surface area (Å²) in [5.74, 6) is 2.28. The van der Waals surface area contributed by atoms with Gasteiger partial charge in [0, 0.05) is 23.0 Å². The van der Waals surface area contributed by atoms with Crippen LogP contribution in [0, 0.1) is 13.8 Å². The van der Waals surface area contributed by atoms with Crippen LogP contribution in [-0.2, 0) is 19.6 Å². The van der Waals surface area contributed by atoms with Crippen LogP contribution in [0.25, 0.3) is 10.9 Å². The summed E-state index contributed by atoms with van der Waals surface area (Å²) in [5, 5.41) is 13.5. The van der Waals surface area contributed by atoms with Gasteiger partial charge in [-0.25, -0.2) is 4.68 Å². The number of furan rings is 2. The Morgan fingerprint density at radius 1 is 1.06 bits per heavy atom. The lowest BCUT2D eigenvalue weighted by molar-refractivity contribution is 0.149. The minimum Gasteiger partial charge on any atom is -0.468 e. The van der Waals surface area contributed by atoms with Gasteiger partial charge < -0.3 is 13.8 Å². The molecule has 0 radical (unpaired) electrons. The van der Waals surface area contributed by atoms with Gasteiger partial charge in [-0.2, -0.15) is 0 Å². The van der Waals surface area contributed by atoms with Gasteiger partial charge in [0.15, 0.2) is 5.82 Å². The number of hydrogen-bond donors (Lipinski definition) is 1. The molecule has 9 heteroatoms. The maximum atomic E-state index is 13.1. The first-order chi connectivity index (χ1) is 17.0. The van der Waals surface area contributed by atoms with Gasteiger partial charge in [-0.3, -0.25) is 9.69 Å². The molecule has 1 N–H and O–H groups in total. The number of pyridine rings is 1. The number of tetrazole rings is 1. The van der Waals surface area contributed by atoms with Crippen LogP contribution in [0.4, 0.5) is 0 Å². The molecule has 0 spiro atoms. The summed E-state index contributed by atoms with van der Waals surface area (Å²) in [6.07, 6.45) is 4.03. The molecule has 0 aliphatic heterocycles. The van der Waals surface area contributed by atoms with Gasteiger partial charge in [-0.1, -0.05) is 13.0 Å². The molecular formula is C26H28N6O3. The van der Waals surface area contributed by atoms with E-state index in [1.165, 1.54) is 0 Å². The van der Waals surface area contributed by atoms with Crippen LogP contribution in [0.5, 0.6) is 0 Å². The Bertz CT molecular complexity index is 1470. The van der Waals surface area contributed by atoms with Crippen molar-refractivity contribution >= 4 is 10.9 Å². The summed E-state index contributed by atoms with van der Waals surface area (Å²) < 4.78 is 12.9. The van der Waals surface area contributed by atoms with Crippen molar-refractivity contribution in [3.05, 3.63) is 99.4 Å². The highest BCUT2D eigenvalue weighted by Crippen LogP contribution is 2.27. The summed E-state index contributed by atoms with van der Waals surface area (Å²) in [5.41, 5.74) is 3.68. The van der Waals surface area contributed by atoms with Crippen molar-refractivity contribution < 1.29 is 8.83 Å². The Kier molecular flexibility index (Phi) is 6.33. The second-order valence-corrected chi connectivity index (χ2v) is 8.85. The van der Waals surface area contributed by atoms with E-state index in [2.05, 4.69) is 45.3 Å². The van der Waals surface area contributed by atoms with Gasteiger partial charge in [0.05, 0.1) is 25.1 Å². The van der Waals surface area contributed by atoms with Gasteiger partial charge in [0.1, 0.15) is 18.1 Å². The van der Waals surface area contributed by atoms with Crippen molar-refractivity contribution in [1.82, 2.24) is 30.1 Å². The highest BCUT2D eigenvalue weighted by molar-refractivity contribution is 5.83. The van der Waals surface area contributed by atoms with E-state index in [0.29, 0.717) is 31.0 Å². The summed E-state index contributed by atoms with van der Waals surface area (Å²) in [6.45, 7) is 7.52. The molecule has 0 amide bonds. The molecule has 0 bridgehead atoms. The summed E-state index contributed by atoms with van der Waals surface area (Å²) in [6, 6.07) is 13.5. The Hall–Kier alpha value is -3.98. The van der Waals surface area contributed by atoms with Crippen LogP contribution >= 0.6 is 0 Å². The quantitative estimate of drug-likeness (QED) is 0.336. The highest BCUT2D eigenvalue weighted by atomic mass is 16.3. The molecule has 0 saturated heterocycles. The molecule has 0 unspecified atom stereocenters. The van der Waals surface area contributed by atoms with Crippen LogP contribution in [0.1, 0.15) is 53.4 Å². The molecule has 0 aliphatic rings. The molecule has 4 aromatic heterocycles. The number of hydrogen-bond acceptors (Lipinski definition) is 7. The van der Waals surface area contributed by atoms with Crippen LogP contribution < -0.4 is 5.56 Å². The van der Waals surface area contributed by atoms with E-state index >= 15 is 0 Å². The average molecular weight is 473 g/mol. The zero-order chi connectivity index (χ0) is 24.4. The van der Waals surface area contributed by atoms with Crippen molar-refractivity contribution in [3.63, 3.8) is 0 Å². The van der Waals surface area contributed by atoms with Gasteiger partial charge in [0.2, 0.25) is 0 Å². The SMILES string of the molecule is CC[C@@H](c1nnnn1Cc1ccco1)N(Cc1ccco1)Cc1cc2c(C)cc(C)cc2[nH]c1=O. The molecular weight excluding hydrogens is 444 g/mol. The first kappa shape index (κ1) is 22.8. The van der Waals surface area contributed by atoms with Gasteiger partial charge in [0.25, 0.3) is 5.56 Å². The van der Waals surface area contributed by atoms with Crippen molar-refractivity contribution in [2.24, 2.45) is 0 Å². The standard InChI is InChI=1S/C26H28N6O3/c1-4-24(25-28-29-30-32(25)16-21-8-6-10-35-21)31(15-20-7-5-9-34-20)14-19-13-22-18(3)11-17(2)12-23(22)27-26(19)33/h5-13,24H,4,14-16H2,1-3H3,(H,27,33)/t24-/m0/s1. The number of aryl methyl sites for hydroxylation is 2. The minimum absolute atomic E-state index is 0.100. The number of benzene rings is 1. The Morgan fingerprint density at radius 3 is 2.54 bits per heavy atom. The third-order valence-electron chi connectivity index (χ3n) is 6.27. The second-order valence-electron chi connectivity index (χ2n) is 8.85. The number of aromatic amines is 1. The van der Waals surface area contributed by atoms with Gasteiger partial charge in [-0.05, 0) is 78.2 Å². The molecule has 5 aromatic rings. The fourth-order valence-electron chi connectivity index (χ4n) is 4.65. The number of H-pyrrole nitrogens is 1. The highest BCUT2D eigenvalue weighted by Gasteiger charge is 2.27. The lowest BCUT2D eigenvalue weighted by atomic mass is 10.0. The lowest BCUT2D eigenvalue weighted by Crippen LogP contribution is -2.32. The van der Waals surface area contributed by atoms with E-state index in [0.717, 1.165) is 40.0 Å². The summed E-state index contributed by atoms with van der Waals surface area (Å²) >= 11 is 0. The Labute approximate surface area is 202 Å². The number of nitrogens with zero attached hydrogens (tertiary/aromatic N) is 5. The molecule has 4 heterocycles. The van der Waals surface area contributed by atoms with Crippen molar-refractivity contribution in [2.75, 3.05) is 0 Å². The molecule has 0 fully saturated rings. The average Bonchev–Trinajstić information content (AvgIpc) is 3.60. The fraction of sp³-hybridized carbons (Fsp3) is 0.308. The maximum absolute atomic E-state index is 13.1. The van der Waals surface area contributed by atoms with E-state index in [-0.39, 0.29) is 11.6 Å². The predicted octanol–water partition coefficient (Wildman–Crippen LogP) is 4.52. The van der Waals surface area contributed by atoms with Crippen LogP contribution in [0.3, 0.4) is 0 Å². The van der Waals surface area contributed by atoms with Crippen LogP contribution in [-0.4, -0.2) is 30.1 Å². The second kappa shape index (κ2) is 9.71. The summed E-state index contributed by atoms with van der Waals surface area (Å²) in [4.78, 5) is 18.4. The topological polar surface area (TPSA) is 106 Å². The molecule has 0 saturated carbocycles. The normalized spacial score (nSPS) is 12.6. The number of rotatable bonds is 9. The Morgan fingerprint density at radius 2 is 1.83 bits per heavy atom. The monoisotopic (exact) mass is 472 g/mol. The molecule has 0 aliphatic carbocycles. The maximum Gasteiger partial charge on any atom is 0.252 e. The summed E-state index contributed by atoms with van der Waals surface area (Å²) in [7, 11) is 0. The number of nitrogens with one attached hydrogen (secondary N) is 1. The zero-order valence-corrected chi connectivity index (χ0v) is 20.1. The van der Waals surface area contributed by atoms with Crippen LogP contribution in [0.15, 0.2) is 68.6 Å². The first-order valence-electron chi connectivity index (χ1n) is 11.7. The van der Waals surface area contributed by atoms with Gasteiger partial charge >= 0.3 is 0 Å². The van der Waals surface area contributed by atoms with Gasteiger partial charge in [-0.15, -0.1) is 5.10 Å². The molecule has 180 valence electrons. The Balaban J connectivity index is 1.52. The first-order valence-corrected chi connectivity index (χ1v) is 11.7. The van der Waals surface area contributed by atoms with E-state index in [9.17, 15) is 4.79 Å². The number of aromatic nitrogens is 5. The molecule has 35 heavy (non-hydrogen) atoms. The fourth-order valence-corrected chi connectivity index (χ4v) is 4.65. The molecule has 1 atom stereocenters. The van der Waals surface area contributed by atoms with Crippen molar-refractivity contribution in [1.29, 1.82) is 0 Å². The molecule has 9 nitrogen and oxygen atoms in total. The number of fused-ring (bicyclic) bond motifs is 1. The molecule has 1 aromatic carbocycles. The van der Waals surface area contributed by atoms with E-state index in [1.54, 1.807) is 17.2 Å². The van der Waals surface area contributed by atoms with Crippen molar-refractivity contribution in [3.8, 4) is 0 Å². The largest absolute Gasteiger partial charge is 0.468 e. The minimum atomic E-state index is -0.153. The lowest BCUT2D eigenvalue weighted by Gasteiger charge is -2.29. The zero-order valence-electron chi connectivity index (χ0n) is 20.1. The third kappa shape index (κ3) is 4.81. The van der Waals surface area contributed by atoms with Crippen LogP contribution in [0.2, 0.25) is 0 Å². The third-order valence-corrected chi connectivity index (χ3v) is 6.27.